The maximum atomic E-state index is 5.09. The van der Waals surface area contributed by atoms with Crippen LogP contribution in [0.25, 0.3) is 0 Å². The Morgan fingerprint density at radius 2 is 1.92 bits per heavy atom. The van der Waals surface area contributed by atoms with Gasteiger partial charge in [0.15, 0.2) is 0 Å². The first-order valence-electron chi connectivity index (χ1n) is 4.65. The first kappa shape index (κ1) is 10.1. The first-order valence-corrected chi connectivity index (χ1v) is 4.65. The summed E-state index contributed by atoms with van der Waals surface area (Å²) < 4.78 is 5.09. The zero-order valence-electron chi connectivity index (χ0n) is 8.50. The maximum Gasteiger partial charge on any atom is 0.118 e. The molecular formula is C11H17NO. The molecule has 1 rings (SSSR count). The van der Waals surface area contributed by atoms with Gasteiger partial charge in [-0.2, -0.15) is 0 Å². The second-order valence-corrected chi connectivity index (χ2v) is 3.05. The Morgan fingerprint density at radius 3 is 2.38 bits per heavy atom. The summed E-state index contributed by atoms with van der Waals surface area (Å²) in [5.74, 6) is 0.910. The Balaban J connectivity index is 2.67. The van der Waals surface area contributed by atoms with Crippen LogP contribution in [0.5, 0.6) is 5.75 Å². The predicted octanol–water partition coefficient (Wildman–Crippen LogP) is 2.37. The highest BCUT2D eigenvalue weighted by atomic mass is 16.5. The summed E-state index contributed by atoms with van der Waals surface area (Å²) in [5, 5.41) is 3.36. The van der Waals surface area contributed by atoms with Crippen LogP contribution in [0.4, 0.5) is 0 Å². The zero-order chi connectivity index (χ0) is 9.68. The summed E-state index contributed by atoms with van der Waals surface area (Å²) in [6.07, 6.45) is 0. The predicted molar refractivity (Wildman–Crippen MR) is 55.1 cm³/mol. The van der Waals surface area contributed by atoms with Gasteiger partial charge in [-0.15, -0.1) is 0 Å². The molecule has 0 amide bonds. The molecular weight excluding hydrogens is 162 g/mol. The highest BCUT2D eigenvalue weighted by molar-refractivity contribution is 5.28. The van der Waals surface area contributed by atoms with Gasteiger partial charge >= 0.3 is 0 Å². The van der Waals surface area contributed by atoms with E-state index >= 15 is 0 Å². The number of nitrogens with one attached hydrogen (secondary N) is 1. The standard InChI is InChI=1S/C11H17NO/c1-4-12-9(2)10-5-7-11(13-3)8-6-10/h5-9,12H,4H2,1-3H3/t9-/m0/s1. The second kappa shape index (κ2) is 4.87. The Morgan fingerprint density at radius 1 is 1.31 bits per heavy atom. The quantitative estimate of drug-likeness (QED) is 0.766. The van der Waals surface area contributed by atoms with Gasteiger partial charge in [0, 0.05) is 6.04 Å². The Hall–Kier alpha value is -1.02. The van der Waals surface area contributed by atoms with E-state index in [-0.39, 0.29) is 0 Å². The van der Waals surface area contributed by atoms with E-state index in [0.29, 0.717) is 6.04 Å². The summed E-state index contributed by atoms with van der Waals surface area (Å²) in [4.78, 5) is 0. The smallest absolute Gasteiger partial charge is 0.118 e. The van der Waals surface area contributed by atoms with Crippen molar-refractivity contribution < 1.29 is 4.74 Å². The van der Waals surface area contributed by atoms with Crippen LogP contribution in [0, 0.1) is 0 Å². The molecule has 72 valence electrons. The lowest BCUT2D eigenvalue weighted by Crippen LogP contribution is -2.17. The second-order valence-electron chi connectivity index (χ2n) is 3.05. The van der Waals surface area contributed by atoms with Crippen LogP contribution in [0.1, 0.15) is 25.5 Å². The third-order valence-electron chi connectivity index (χ3n) is 2.13. The van der Waals surface area contributed by atoms with E-state index in [1.165, 1.54) is 5.56 Å². The van der Waals surface area contributed by atoms with Gasteiger partial charge in [0.05, 0.1) is 7.11 Å². The Bertz CT molecular complexity index is 243. The van der Waals surface area contributed by atoms with Gasteiger partial charge in [-0.3, -0.25) is 0 Å². The molecule has 2 nitrogen and oxygen atoms in total. The highest BCUT2D eigenvalue weighted by Crippen LogP contribution is 2.16. The number of hydrogen-bond donors (Lipinski definition) is 1. The van der Waals surface area contributed by atoms with Crippen molar-refractivity contribution in [2.24, 2.45) is 0 Å². The molecule has 0 aliphatic rings. The fraction of sp³-hybridized carbons (Fsp3) is 0.455. The number of ether oxygens (including phenoxy) is 1. The highest BCUT2D eigenvalue weighted by Gasteiger charge is 2.02. The summed E-state index contributed by atoms with van der Waals surface area (Å²) >= 11 is 0. The largest absolute Gasteiger partial charge is 0.497 e. The zero-order valence-corrected chi connectivity index (χ0v) is 8.50. The van der Waals surface area contributed by atoms with E-state index in [1.807, 2.05) is 12.1 Å². The van der Waals surface area contributed by atoms with Gasteiger partial charge in [-0.05, 0) is 31.2 Å². The van der Waals surface area contributed by atoms with Crippen molar-refractivity contribution in [1.82, 2.24) is 5.32 Å². The van der Waals surface area contributed by atoms with Gasteiger partial charge in [-0.1, -0.05) is 19.1 Å². The third-order valence-corrected chi connectivity index (χ3v) is 2.13. The van der Waals surface area contributed by atoms with Crippen molar-refractivity contribution in [2.45, 2.75) is 19.9 Å². The number of benzene rings is 1. The minimum Gasteiger partial charge on any atom is -0.497 e. The topological polar surface area (TPSA) is 21.3 Å². The molecule has 1 aromatic carbocycles. The van der Waals surface area contributed by atoms with Crippen molar-refractivity contribution in [3.05, 3.63) is 29.8 Å². The summed E-state index contributed by atoms with van der Waals surface area (Å²) in [6, 6.07) is 8.57. The van der Waals surface area contributed by atoms with Gasteiger partial charge in [0.1, 0.15) is 5.75 Å². The van der Waals surface area contributed by atoms with Crippen LogP contribution in [-0.4, -0.2) is 13.7 Å². The number of methoxy groups -OCH3 is 1. The molecule has 2 heteroatoms. The fourth-order valence-corrected chi connectivity index (χ4v) is 1.32. The molecule has 0 aliphatic heterocycles. The molecule has 0 fully saturated rings. The summed E-state index contributed by atoms with van der Waals surface area (Å²) in [5.41, 5.74) is 1.29. The van der Waals surface area contributed by atoms with E-state index in [2.05, 4.69) is 31.3 Å². The van der Waals surface area contributed by atoms with Crippen molar-refractivity contribution in [2.75, 3.05) is 13.7 Å². The average Bonchev–Trinajstić information content (AvgIpc) is 2.18. The van der Waals surface area contributed by atoms with E-state index in [9.17, 15) is 0 Å². The minimum absolute atomic E-state index is 0.413. The third kappa shape index (κ3) is 2.74. The number of hydrogen-bond acceptors (Lipinski definition) is 2. The van der Waals surface area contributed by atoms with Crippen LogP contribution in [0.3, 0.4) is 0 Å². The van der Waals surface area contributed by atoms with Crippen LogP contribution >= 0.6 is 0 Å². The maximum absolute atomic E-state index is 5.09. The fourth-order valence-electron chi connectivity index (χ4n) is 1.32. The van der Waals surface area contributed by atoms with Crippen LogP contribution in [0.2, 0.25) is 0 Å². The average molecular weight is 179 g/mol. The molecule has 0 heterocycles. The molecule has 0 saturated carbocycles. The summed E-state index contributed by atoms with van der Waals surface area (Å²) in [6.45, 7) is 5.26. The lowest BCUT2D eigenvalue weighted by atomic mass is 10.1. The van der Waals surface area contributed by atoms with Crippen molar-refractivity contribution in [3.8, 4) is 5.75 Å². The van der Waals surface area contributed by atoms with Gasteiger partial charge in [0.25, 0.3) is 0 Å². The first-order chi connectivity index (χ1) is 6.27. The van der Waals surface area contributed by atoms with E-state index in [4.69, 9.17) is 4.74 Å². The van der Waals surface area contributed by atoms with Crippen LogP contribution in [0.15, 0.2) is 24.3 Å². The van der Waals surface area contributed by atoms with E-state index < -0.39 is 0 Å². The molecule has 1 atom stereocenters. The lowest BCUT2D eigenvalue weighted by molar-refractivity contribution is 0.414. The normalized spacial score (nSPS) is 12.5. The SMILES string of the molecule is CCN[C@@H](C)c1ccc(OC)cc1. The van der Waals surface area contributed by atoms with Crippen LogP contribution < -0.4 is 10.1 Å². The molecule has 0 bridgehead atoms. The Kier molecular flexibility index (Phi) is 3.77. The molecule has 1 aromatic rings. The van der Waals surface area contributed by atoms with Gasteiger partial charge in [0.2, 0.25) is 0 Å². The molecule has 1 N–H and O–H groups in total. The molecule has 0 radical (unpaired) electrons. The molecule has 0 saturated heterocycles. The molecule has 0 aliphatic carbocycles. The Labute approximate surface area is 79.9 Å². The van der Waals surface area contributed by atoms with Gasteiger partial charge in [-0.25, -0.2) is 0 Å². The van der Waals surface area contributed by atoms with Crippen molar-refractivity contribution >= 4 is 0 Å². The van der Waals surface area contributed by atoms with E-state index in [0.717, 1.165) is 12.3 Å². The lowest BCUT2D eigenvalue weighted by Gasteiger charge is -2.12. The van der Waals surface area contributed by atoms with E-state index in [1.54, 1.807) is 7.11 Å². The monoisotopic (exact) mass is 179 g/mol. The number of rotatable bonds is 4. The van der Waals surface area contributed by atoms with Crippen molar-refractivity contribution in [1.29, 1.82) is 0 Å². The molecule has 0 spiro atoms. The van der Waals surface area contributed by atoms with Crippen molar-refractivity contribution in [3.63, 3.8) is 0 Å². The summed E-state index contributed by atoms with van der Waals surface area (Å²) in [7, 11) is 1.68. The van der Waals surface area contributed by atoms with Gasteiger partial charge < -0.3 is 10.1 Å². The molecule has 0 unspecified atom stereocenters. The minimum atomic E-state index is 0.413. The molecule has 13 heavy (non-hydrogen) atoms. The molecule has 0 aromatic heterocycles. The van der Waals surface area contributed by atoms with Crippen LogP contribution in [-0.2, 0) is 0 Å².